The molecule has 49 heavy (non-hydrogen) atoms. The van der Waals surface area contributed by atoms with Crippen molar-refractivity contribution in [2.45, 2.75) is 19.3 Å². The number of hydrogen-bond donors (Lipinski definition) is 0. The van der Waals surface area contributed by atoms with Gasteiger partial charge in [-0.2, -0.15) is 0 Å². The van der Waals surface area contributed by atoms with E-state index in [1.807, 2.05) is 0 Å². The molecule has 2 nitrogen and oxygen atoms in total. The highest BCUT2D eigenvalue weighted by atomic mass is 28.3. The van der Waals surface area contributed by atoms with Crippen LogP contribution in [0.25, 0.3) is 0 Å². The van der Waals surface area contributed by atoms with Crippen molar-refractivity contribution in [3.8, 4) is 11.5 Å². The van der Waals surface area contributed by atoms with Gasteiger partial charge in [-0.15, -0.1) is 0 Å². The third-order valence-electron chi connectivity index (χ3n) is 11.3. The Morgan fingerprint density at radius 1 is 0.490 bits per heavy atom. The van der Waals surface area contributed by atoms with Crippen LogP contribution in [0.2, 0.25) is 0 Å². The van der Waals surface area contributed by atoms with Gasteiger partial charge in [0.05, 0.1) is 11.4 Å². The van der Waals surface area contributed by atoms with Gasteiger partial charge in [0.25, 0.3) is 0 Å². The molecule has 1 unspecified atom stereocenters. The average Bonchev–Trinajstić information content (AvgIpc) is 3.15. The molecular weight excluding hydrogens is 627 g/mol. The molecule has 4 heteroatoms. The quantitative estimate of drug-likeness (QED) is 0.216. The van der Waals surface area contributed by atoms with Crippen LogP contribution in [0.4, 0.5) is 17.1 Å². The lowest BCUT2D eigenvalue weighted by Crippen LogP contribution is -2.87. The van der Waals surface area contributed by atoms with Gasteiger partial charge in [0, 0.05) is 11.1 Å². The first-order valence-electron chi connectivity index (χ1n) is 17.2. The Hall–Kier alpha value is -5.43. The fraction of sp³-hybridized carbons (Fsp3) is 0.0667. The highest BCUT2D eigenvalue weighted by Crippen LogP contribution is 2.51. The van der Waals surface area contributed by atoms with Crippen molar-refractivity contribution in [2.24, 2.45) is 0 Å². The molecule has 7 aromatic rings. The van der Waals surface area contributed by atoms with Crippen LogP contribution in [0.3, 0.4) is 0 Å². The van der Waals surface area contributed by atoms with Crippen molar-refractivity contribution in [2.75, 3.05) is 4.90 Å². The van der Waals surface area contributed by atoms with Gasteiger partial charge >= 0.3 is 0 Å². The van der Waals surface area contributed by atoms with E-state index in [2.05, 4.69) is 189 Å². The molecule has 1 atom stereocenters. The molecule has 3 aliphatic rings. The maximum atomic E-state index is 6.74. The highest BCUT2D eigenvalue weighted by Gasteiger charge is 2.54. The van der Waals surface area contributed by atoms with Crippen LogP contribution in [0.5, 0.6) is 11.5 Å². The van der Waals surface area contributed by atoms with Gasteiger partial charge in [-0.1, -0.05) is 163 Å². The molecule has 1 spiro atoms. The second kappa shape index (κ2) is 10.5. The number of rotatable bonds is 2. The Labute approximate surface area is 290 Å². The summed E-state index contributed by atoms with van der Waals surface area (Å²) in [7, 11) is -4.70. The molecule has 0 N–H and O–H groups in total. The summed E-state index contributed by atoms with van der Waals surface area (Å²) < 4.78 is 6.74. The number of nitrogens with zero attached hydrogens (tertiary/aromatic N) is 1. The molecule has 3 heterocycles. The number of hydrogen-bond acceptors (Lipinski definition) is 2. The van der Waals surface area contributed by atoms with Crippen molar-refractivity contribution in [1.82, 2.24) is 0 Å². The van der Waals surface area contributed by atoms with Crippen LogP contribution >= 0.6 is 0 Å². The minimum atomic E-state index is -2.85. The molecule has 7 aromatic carbocycles. The van der Waals surface area contributed by atoms with E-state index in [1.165, 1.54) is 64.5 Å². The number of para-hydroxylation sites is 4. The third-order valence-corrected chi connectivity index (χ3v) is 20.1. The monoisotopic (exact) mass is 661 g/mol. The summed E-state index contributed by atoms with van der Waals surface area (Å²) in [5, 5.41) is 10.2. The van der Waals surface area contributed by atoms with Gasteiger partial charge in [-0.05, 0) is 68.3 Å². The Bertz CT molecular complexity index is 2340. The zero-order valence-corrected chi connectivity index (χ0v) is 29.8. The predicted molar refractivity (Wildman–Crippen MR) is 209 cm³/mol. The van der Waals surface area contributed by atoms with E-state index in [-0.39, 0.29) is 5.41 Å². The van der Waals surface area contributed by atoms with Crippen LogP contribution in [-0.4, -0.2) is 16.9 Å². The van der Waals surface area contributed by atoms with Crippen molar-refractivity contribution in [3.05, 3.63) is 181 Å². The maximum Gasteiger partial charge on any atom is 0.188 e. The van der Waals surface area contributed by atoms with Crippen LogP contribution in [0.15, 0.2) is 170 Å². The van der Waals surface area contributed by atoms with E-state index < -0.39 is 16.9 Å². The zero-order valence-electron chi connectivity index (χ0n) is 27.6. The lowest BCUT2D eigenvalue weighted by atomic mass is 9.73. The van der Waals surface area contributed by atoms with Crippen LogP contribution in [0, 0.1) is 0 Å². The molecule has 234 valence electrons. The molecule has 0 aliphatic carbocycles. The molecule has 0 amide bonds. The van der Waals surface area contributed by atoms with Crippen molar-refractivity contribution >= 4 is 70.2 Å². The highest BCUT2D eigenvalue weighted by molar-refractivity contribution is 7.27. The molecule has 0 saturated heterocycles. The Morgan fingerprint density at radius 2 is 1.00 bits per heavy atom. The summed E-state index contributed by atoms with van der Waals surface area (Å²) >= 11 is 0. The number of fused-ring (bicyclic) bond motifs is 10. The minimum absolute atomic E-state index is 0.114. The topological polar surface area (TPSA) is 12.5 Å². The minimum Gasteiger partial charge on any atom is -0.458 e. The average molecular weight is 662 g/mol. The SMILES string of the molecule is CC1(C)c2ccccc2N(c2ccc3c(c2)[Si]2(c4ccccc4Oc4ccccc42)c2ccccc2[SiH]3c2ccccc2)c2ccccc21. The van der Waals surface area contributed by atoms with Crippen LogP contribution < -0.4 is 45.9 Å². The Kier molecular flexibility index (Phi) is 6.14. The standard InChI is InChI=1S/C45H35NOSi2/c1-45(2)33-18-6-8-20-35(33)46(36-21-9-7-19-34(36)45)31-28-29-40-44(30-31)49(41-25-13-10-22-37(41)47-38-23-11-14-26-42(38)49)43-27-15-12-24-39(43)48(40)32-16-4-3-5-17-32/h3-30,48H,1-2H3. The van der Waals surface area contributed by atoms with Crippen LogP contribution in [-0.2, 0) is 5.41 Å². The van der Waals surface area contributed by atoms with Crippen LogP contribution in [0.1, 0.15) is 25.0 Å². The largest absolute Gasteiger partial charge is 0.458 e. The summed E-state index contributed by atoms with van der Waals surface area (Å²) in [4.78, 5) is 2.52. The zero-order chi connectivity index (χ0) is 32.7. The number of ether oxygens (including phenoxy) is 1. The van der Waals surface area contributed by atoms with E-state index in [1.54, 1.807) is 0 Å². The van der Waals surface area contributed by atoms with Gasteiger partial charge in [-0.25, -0.2) is 0 Å². The summed E-state index contributed by atoms with van der Waals surface area (Å²) in [5.74, 6) is 1.96. The Balaban J connectivity index is 1.34. The van der Waals surface area contributed by atoms with Gasteiger partial charge in [-0.3, -0.25) is 0 Å². The van der Waals surface area contributed by atoms with E-state index in [0.717, 1.165) is 11.5 Å². The third kappa shape index (κ3) is 3.87. The lowest BCUT2D eigenvalue weighted by Gasteiger charge is -2.47. The smallest absolute Gasteiger partial charge is 0.188 e. The van der Waals surface area contributed by atoms with E-state index in [9.17, 15) is 0 Å². The fourth-order valence-electron chi connectivity index (χ4n) is 9.19. The summed E-state index contributed by atoms with van der Waals surface area (Å²) in [6.07, 6.45) is 0. The molecule has 0 fully saturated rings. The summed E-state index contributed by atoms with van der Waals surface area (Å²) in [5.41, 5.74) is 6.30. The molecule has 0 aromatic heterocycles. The van der Waals surface area contributed by atoms with Gasteiger partial charge < -0.3 is 9.64 Å². The maximum absolute atomic E-state index is 6.74. The van der Waals surface area contributed by atoms with E-state index in [4.69, 9.17) is 4.74 Å². The molecule has 0 saturated carbocycles. The molecule has 3 aliphatic heterocycles. The molecule has 10 rings (SSSR count). The van der Waals surface area contributed by atoms with Gasteiger partial charge in [0.2, 0.25) is 0 Å². The first kappa shape index (κ1) is 28.6. The summed E-state index contributed by atoms with van der Waals surface area (Å²) in [6, 6.07) is 63.8. The van der Waals surface area contributed by atoms with Crippen molar-refractivity contribution < 1.29 is 4.74 Å². The van der Waals surface area contributed by atoms with Gasteiger partial charge in [0.1, 0.15) is 20.3 Å². The number of anilines is 3. The van der Waals surface area contributed by atoms with Crippen molar-refractivity contribution in [1.29, 1.82) is 0 Å². The second-order valence-electron chi connectivity index (χ2n) is 14.0. The normalized spacial score (nSPS) is 17.0. The second-order valence-corrected chi connectivity index (χ2v) is 20.5. The number of benzene rings is 7. The van der Waals surface area contributed by atoms with E-state index in [0.29, 0.717) is 0 Å². The predicted octanol–water partition coefficient (Wildman–Crippen LogP) is 5.84. The first-order chi connectivity index (χ1) is 24.1. The Morgan fingerprint density at radius 3 is 1.65 bits per heavy atom. The van der Waals surface area contributed by atoms with E-state index >= 15 is 0 Å². The first-order valence-corrected chi connectivity index (χ1v) is 21.0. The molecular formula is C45H35NOSi2. The molecule has 0 radical (unpaired) electrons. The fourth-order valence-corrected chi connectivity index (χ4v) is 19.6. The molecule has 0 bridgehead atoms. The van der Waals surface area contributed by atoms with Crippen molar-refractivity contribution in [3.63, 3.8) is 0 Å². The van der Waals surface area contributed by atoms with Gasteiger partial charge in [0.15, 0.2) is 8.07 Å². The lowest BCUT2D eigenvalue weighted by molar-refractivity contribution is 0.487. The summed E-state index contributed by atoms with van der Waals surface area (Å²) in [6.45, 7) is 4.72.